The molecular formula is C19H21N7O. The van der Waals surface area contributed by atoms with Crippen molar-refractivity contribution in [3.63, 3.8) is 0 Å². The van der Waals surface area contributed by atoms with E-state index in [1.165, 1.54) is 6.33 Å². The summed E-state index contributed by atoms with van der Waals surface area (Å²) in [6, 6.07) is 13.2. The zero-order valence-electron chi connectivity index (χ0n) is 14.9. The molecule has 0 bridgehead atoms. The van der Waals surface area contributed by atoms with Gasteiger partial charge in [0.2, 0.25) is 5.91 Å². The summed E-state index contributed by atoms with van der Waals surface area (Å²) < 4.78 is 0. The summed E-state index contributed by atoms with van der Waals surface area (Å²) in [5.74, 6) is 1.31. The summed E-state index contributed by atoms with van der Waals surface area (Å²) in [7, 11) is 0. The van der Waals surface area contributed by atoms with Gasteiger partial charge in [-0.25, -0.2) is 15.0 Å². The summed E-state index contributed by atoms with van der Waals surface area (Å²) in [6.07, 6.45) is 1.52. The first-order valence-electron chi connectivity index (χ1n) is 8.88. The third-order valence-electron chi connectivity index (χ3n) is 4.59. The van der Waals surface area contributed by atoms with Gasteiger partial charge in [0.05, 0.1) is 11.9 Å². The lowest BCUT2D eigenvalue weighted by atomic mass is 10.2. The van der Waals surface area contributed by atoms with Gasteiger partial charge in [0.15, 0.2) is 5.65 Å². The summed E-state index contributed by atoms with van der Waals surface area (Å²) in [5.41, 5.74) is 7.16. The van der Waals surface area contributed by atoms with Crippen molar-refractivity contribution in [2.24, 2.45) is 0 Å². The van der Waals surface area contributed by atoms with E-state index in [1.54, 1.807) is 6.07 Å². The van der Waals surface area contributed by atoms with Crippen molar-refractivity contribution in [3.05, 3.63) is 48.8 Å². The number of carbonyl (C=O) groups is 1. The molecule has 0 unspecified atom stereocenters. The van der Waals surface area contributed by atoms with E-state index in [0.717, 1.165) is 43.1 Å². The highest BCUT2D eigenvalue weighted by molar-refractivity contribution is 5.92. The van der Waals surface area contributed by atoms with Gasteiger partial charge in [-0.05, 0) is 24.3 Å². The van der Waals surface area contributed by atoms with Crippen molar-refractivity contribution in [2.45, 2.75) is 0 Å². The number of hydrogen-bond acceptors (Lipinski definition) is 7. The van der Waals surface area contributed by atoms with E-state index in [0.29, 0.717) is 18.0 Å². The van der Waals surface area contributed by atoms with Crippen LogP contribution in [0.3, 0.4) is 0 Å². The number of piperazine rings is 1. The van der Waals surface area contributed by atoms with Gasteiger partial charge in [-0.2, -0.15) is 0 Å². The monoisotopic (exact) mass is 363 g/mol. The average molecular weight is 363 g/mol. The fourth-order valence-corrected chi connectivity index (χ4v) is 3.24. The van der Waals surface area contributed by atoms with Crippen molar-refractivity contribution in [2.75, 3.05) is 48.7 Å². The Kier molecular flexibility index (Phi) is 4.80. The maximum absolute atomic E-state index is 12.2. The molecule has 3 N–H and O–H groups in total. The number of fused-ring (bicyclic) bond motifs is 1. The van der Waals surface area contributed by atoms with Crippen LogP contribution in [0.15, 0.2) is 48.8 Å². The van der Waals surface area contributed by atoms with E-state index in [-0.39, 0.29) is 5.91 Å². The van der Waals surface area contributed by atoms with Gasteiger partial charge < -0.3 is 16.0 Å². The number of anilines is 3. The summed E-state index contributed by atoms with van der Waals surface area (Å²) >= 11 is 0. The number of nitrogens with one attached hydrogen (secondary N) is 1. The van der Waals surface area contributed by atoms with Gasteiger partial charge in [0.25, 0.3) is 0 Å². The molecule has 3 heterocycles. The highest BCUT2D eigenvalue weighted by Gasteiger charge is 2.21. The van der Waals surface area contributed by atoms with Crippen LogP contribution in [0, 0.1) is 0 Å². The van der Waals surface area contributed by atoms with E-state index >= 15 is 0 Å². The van der Waals surface area contributed by atoms with Crippen molar-refractivity contribution >= 4 is 34.3 Å². The van der Waals surface area contributed by atoms with Crippen molar-refractivity contribution < 1.29 is 4.79 Å². The van der Waals surface area contributed by atoms with Crippen molar-refractivity contribution in [3.8, 4) is 0 Å². The molecule has 1 aromatic carbocycles. The molecule has 0 aliphatic carbocycles. The summed E-state index contributed by atoms with van der Waals surface area (Å²) in [6.45, 7) is 3.53. The zero-order valence-corrected chi connectivity index (χ0v) is 14.9. The number of benzene rings is 1. The first kappa shape index (κ1) is 17.2. The molecule has 8 heteroatoms. The second-order valence-electron chi connectivity index (χ2n) is 6.48. The molecule has 4 rings (SSSR count). The molecule has 27 heavy (non-hydrogen) atoms. The maximum Gasteiger partial charge on any atom is 0.238 e. The molecule has 2 aromatic heterocycles. The normalized spacial score (nSPS) is 15.0. The highest BCUT2D eigenvalue weighted by atomic mass is 16.2. The Morgan fingerprint density at radius 3 is 2.59 bits per heavy atom. The molecule has 1 aliphatic heterocycles. The lowest BCUT2D eigenvalue weighted by Gasteiger charge is -2.35. The quantitative estimate of drug-likeness (QED) is 0.722. The Morgan fingerprint density at radius 2 is 1.81 bits per heavy atom. The number of pyridine rings is 1. The molecule has 1 amide bonds. The molecule has 0 radical (unpaired) electrons. The van der Waals surface area contributed by atoms with Crippen LogP contribution in [-0.2, 0) is 4.79 Å². The molecule has 1 aliphatic rings. The lowest BCUT2D eigenvalue weighted by Crippen LogP contribution is -2.49. The second kappa shape index (κ2) is 7.55. The minimum atomic E-state index is 0.00168. The van der Waals surface area contributed by atoms with Gasteiger partial charge in [-0.15, -0.1) is 0 Å². The van der Waals surface area contributed by atoms with Gasteiger partial charge in [-0.3, -0.25) is 9.69 Å². The Hall–Kier alpha value is -3.26. The maximum atomic E-state index is 12.2. The van der Waals surface area contributed by atoms with Crippen LogP contribution in [0.1, 0.15) is 0 Å². The van der Waals surface area contributed by atoms with Crippen LogP contribution in [0.25, 0.3) is 11.0 Å². The van der Waals surface area contributed by atoms with E-state index in [4.69, 9.17) is 5.73 Å². The number of para-hydroxylation sites is 1. The molecule has 0 atom stereocenters. The van der Waals surface area contributed by atoms with E-state index in [2.05, 4.69) is 30.1 Å². The molecule has 8 nitrogen and oxygen atoms in total. The predicted molar refractivity (Wildman–Crippen MR) is 105 cm³/mol. The molecule has 1 fully saturated rings. The Morgan fingerprint density at radius 1 is 1.04 bits per heavy atom. The number of nitrogens with zero attached hydrogens (tertiary/aromatic N) is 5. The van der Waals surface area contributed by atoms with E-state index in [9.17, 15) is 4.79 Å². The van der Waals surface area contributed by atoms with Crippen LogP contribution >= 0.6 is 0 Å². The number of carbonyl (C=O) groups excluding carboxylic acids is 1. The van der Waals surface area contributed by atoms with Crippen molar-refractivity contribution in [1.82, 2.24) is 19.9 Å². The highest BCUT2D eigenvalue weighted by Crippen LogP contribution is 2.23. The lowest BCUT2D eigenvalue weighted by molar-refractivity contribution is -0.117. The van der Waals surface area contributed by atoms with Gasteiger partial charge in [0, 0.05) is 31.9 Å². The van der Waals surface area contributed by atoms with Crippen LogP contribution < -0.4 is 16.0 Å². The fraction of sp³-hybridized carbons (Fsp3) is 0.263. The van der Waals surface area contributed by atoms with Gasteiger partial charge >= 0.3 is 0 Å². The molecule has 138 valence electrons. The second-order valence-corrected chi connectivity index (χ2v) is 6.48. The summed E-state index contributed by atoms with van der Waals surface area (Å²) in [5, 5.41) is 3.82. The average Bonchev–Trinajstić information content (AvgIpc) is 2.68. The number of hydrogen-bond donors (Lipinski definition) is 2. The minimum absolute atomic E-state index is 0.00168. The first-order chi connectivity index (χ1) is 13.2. The number of nitrogens with two attached hydrogens (primary N) is 1. The molecule has 3 aromatic rings. The molecule has 0 saturated carbocycles. The number of nitrogen functional groups attached to an aromatic ring is 1. The standard InChI is InChI=1S/C19H21N7O/c20-16-7-6-15-18(24-16)21-13-22-19(15)26-10-8-25(9-11-26)12-17(27)23-14-4-2-1-3-5-14/h1-7,13H,8-12H2,(H,23,27)(H2,20,21,22,24). The van der Waals surface area contributed by atoms with Crippen LogP contribution in [-0.4, -0.2) is 58.5 Å². The molecule has 0 spiro atoms. The van der Waals surface area contributed by atoms with Crippen molar-refractivity contribution in [1.29, 1.82) is 0 Å². The first-order valence-corrected chi connectivity index (χ1v) is 8.88. The van der Waals surface area contributed by atoms with E-state index in [1.807, 2.05) is 36.4 Å². The molecular weight excluding hydrogens is 342 g/mol. The molecule has 1 saturated heterocycles. The number of amides is 1. The van der Waals surface area contributed by atoms with E-state index < -0.39 is 0 Å². The van der Waals surface area contributed by atoms with Crippen LogP contribution in [0.5, 0.6) is 0 Å². The van der Waals surface area contributed by atoms with Gasteiger partial charge in [0.1, 0.15) is 18.0 Å². The minimum Gasteiger partial charge on any atom is -0.384 e. The third-order valence-corrected chi connectivity index (χ3v) is 4.59. The van der Waals surface area contributed by atoms with Crippen LogP contribution in [0.4, 0.5) is 17.3 Å². The predicted octanol–water partition coefficient (Wildman–Crippen LogP) is 1.37. The Bertz CT molecular complexity index is 939. The van der Waals surface area contributed by atoms with Gasteiger partial charge in [-0.1, -0.05) is 18.2 Å². The number of rotatable bonds is 4. The zero-order chi connectivity index (χ0) is 18.6. The summed E-state index contributed by atoms with van der Waals surface area (Å²) in [4.78, 5) is 29.5. The Labute approximate surface area is 157 Å². The van der Waals surface area contributed by atoms with Crippen LogP contribution in [0.2, 0.25) is 0 Å². The largest absolute Gasteiger partial charge is 0.384 e. The third kappa shape index (κ3) is 3.95. The SMILES string of the molecule is Nc1ccc2c(N3CCN(CC(=O)Nc4ccccc4)CC3)ncnc2n1. The smallest absolute Gasteiger partial charge is 0.238 e. The number of aromatic nitrogens is 3. The topological polar surface area (TPSA) is 100 Å². The fourth-order valence-electron chi connectivity index (χ4n) is 3.24. The Balaban J connectivity index is 1.37.